The number of rotatable bonds is 8. The second-order valence-electron chi connectivity index (χ2n) is 16.4. The Labute approximate surface area is 367 Å². The Morgan fingerprint density at radius 2 is 0.778 bits per heavy atom. The first kappa shape index (κ1) is 36.6. The Hall–Kier alpha value is -8.20. The van der Waals surface area contributed by atoms with E-state index in [1.807, 2.05) is 12.1 Å². The van der Waals surface area contributed by atoms with Crippen molar-refractivity contribution in [3.05, 3.63) is 271 Å². The van der Waals surface area contributed by atoms with Gasteiger partial charge in [-0.3, -0.25) is 0 Å². The van der Waals surface area contributed by atoms with Gasteiger partial charge in [-0.05, 0) is 115 Å². The van der Waals surface area contributed by atoms with Crippen LogP contribution in [0.1, 0.15) is 22.3 Å². The molecule has 10 aromatic carbocycles. The summed E-state index contributed by atoms with van der Waals surface area (Å²) in [5, 5.41) is 2.27. The number of hydrogen-bond donors (Lipinski definition) is 0. The van der Waals surface area contributed by atoms with Gasteiger partial charge in [-0.1, -0.05) is 200 Å². The topological polar surface area (TPSA) is 16.4 Å². The van der Waals surface area contributed by atoms with Gasteiger partial charge in [0, 0.05) is 27.8 Å². The second kappa shape index (κ2) is 15.1. The highest BCUT2D eigenvalue weighted by molar-refractivity contribution is 6.12. The first-order valence-corrected chi connectivity index (χ1v) is 21.7. The fraction of sp³-hybridized carbons (Fsp3) is 0.0164. The van der Waals surface area contributed by atoms with E-state index in [0.29, 0.717) is 0 Å². The Morgan fingerprint density at radius 3 is 1.46 bits per heavy atom. The van der Waals surface area contributed by atoms with Gasteiger partial charge in [0.25, 0.3) is 0 Å². The smallest absolute Gasteiger partial charge is 0.136 e. The molecule has 2 nitrogen and oxygen atoms in total. The standard InChI is InChI=1S/C61H41NO/c1-4-15-42(16-5-1)44-27-33-48(34-28-44)61(47-19-8-3-9-20-47)56-24-12-10-21-53(56)54-40-39-51(41-57(54)61)62(49-35-29-45(30-36-49)43-17-6-2-7-18-43)50-37-31-46(32-38-50)52-23-14-26-59-60(52)55-22-11-13-25-58(55)63-59/h1-41H. The molecule has 0 bridgehead atoms. The van der Waals surface area contributed by atoms with Crippen molar-refractivity contribution in [2.45, 2.75) is 5.41 Å². The van der Waals surface area contributed by atoms with Gasteiger partial charge in [0.05, 0.1) is 5.41 Å². The van der Waals surface area contributed by atoms with E-state index in [1.54, 1.807) is 0 Å². The van der Waals surface area contributed by atoms with E-state index < -0.39 is 5.41 Å². The quantitative estimate of drug-likeness (QED) is 0.152. The lowest BCUT2D eigenvalue weighted by Crippen LogP contribution is -2.28. The van der Waals surface area contributed by atoms with Crippen molar-refractivity contribution in [1.82, 2.24) is 0 Å². The molecule has 0 aliphatic heterocycles. The average molecular weight is 804 g/mol. The van der Waals surface area contributed by atoms with Crippen molar-refractivity contribution in [1.29, 1.82) is 0 Å². The van der Waals surface area contributed by atoms with Crippen LogP contribution in [0.3, 0.4) is 0 Å². The van der Waals surface area contributed by atoms with Crippen molar-refractivity contribution in [3.63, 3.8) is 0 Å². The van der Waals surface area contributed by atoms with E-state index in [-0.39, 0.29) is 0 Å². The largest absolute Gasteiger partial charge is 0.456 e. The third kappa shape index (κ3) is 6.02. The van der Waals surface area contributed by atoms with Crippen LogP contribution in [0.4, 0.5) is 17.1 Å². The van der Waals surface area contributed by atoms with Gasteiger partial charge in [0.15, 0.2) is 0 Å². The summed E-state index contributed by atoms with van der Waals surface area (Å²) >= 11 is 0. The molecule has 0 saturated carbocycles. The van der Waals surface area contributed by atoms with Crippen molar-refractivity contribution in [3.8, 4) is 44.5 Å². The Balaban J connectivity index is 1.04. The summed E-state index contributed by atoms with van der Waals surface area (Å²) < 4.78 is 6.29. The maximum Gasteiger partial charge on any atom is 0.136 e. The van der Waals surface area contributed by atoms with Crippen molar-refractivity contribution in [2.75, 3.05) is 4.90 Å². The minimum absolute atomic E-state index is 0.558. The van der Waals surface area contributed by atoms with Crippen LogP contribution in [0.15, 0.2) is 253 Å². The Morgan fingerprint density at radius 1 is 0.302 bits per heavy atom. The molecule has 12 rings (SSSR count). The van der Waals surface area contributed by atoms with Crippen molar-refractivity contribution >= 4 is 39.0 Å². The van der Waals surface area contributed by atoms with Gasteiger partial charge in [0.2, 0.25) is 0 Å². The molecule has 0 spiro atoms. The summed E-state index contributed by atoms with van der Waals surface area (Å²) in [6.07, 6.45) is 0. The van der Waals surface area contributed by atoms with Crippen LogP contribution in [0.25, 0.3) is 66.4 Å². The third-order valence-corrected chi connectivity index (χ3v) is 13.0. The molecule has 0 radical (unpaired) electrons. The van der Waals surface area contributed by atoms with Crippen LogP contribution >= 0.6 is 0 Å². The van der Waals surface area contributed by atoms with Crippen LogP contribution in [0.2, 0.25) is 0 Å². The van der Waals surface area contributed by atoms with Crippen LogP contribution in [-0.2, 0) is 5.41 Å². The van der Waals surface area contributed by atoms with Gasteiger partial charge < -0.3 is 9.32 Å². The minimum atomic E-state index is -0.558. The van der Waals surface area contributed by atoms with E-state index in [0.717, 1.165) is 50.1 Å². The van der Waals surface area contributed by atoms with Gasteiger partial charge in [0.1, 0.15) is 11.2 Å². The average Bonchev–Trinajstić information content (AvgIpc) is 3.89. The summed E-state index contributed by atoms with van der Waals surface area (Å²) in [6.45, 7) is 0. The number of anilines is 3. The maximum absolute atomic E-state index is 6.29. The van der Waals surface area contributed by atoms with Crippen molar-refractivity contribution in [2.24, 2.45) is 0 Å². The zero-order valence-corrected chi connectivity index (χ0v) is 34.5. The lowest BCUT2D eigenvalue weighted by atomic mass is 9.67. The van der Waals surface area contributed by atoms with E-state index in [4.69, 9.17) is 4.42 Å². The predicted octanol–water partition coefficient (Wildman–Crippen LogP) is 16.4. The molecule has 2 heteroatoms. The number of para-hydroxylation sites is 1. The van der Waals surface area contributed by atoms with Crippen LogP contribution in [-0.4, -0.2) is 0 Å². The first-order valence-electron chi connectivity index (χ1n) is 21.7. The summed E-state index contributed by atoms with van der Waals surface area (Å²) in [4.78, 5) is 2.41. The highest BCUT2D eigenvalue weighted by Crippen LogP contribution is 2.57. The molecule has 296 valence electrons. The van der Waals surface area contributed by atoms with E-state index in [1.165, 1.54) is 55.6 Å². The number of furan rings is 1. The summed E-state index contributed by atoms with van der Waals surface area (Å²) in [6, 6.07) is 90.3. The Kier molecular flexibility index (Phi) is 8.76. The van der Waals surface area contributed by atoms with Gasteiger partial charge in [-0.2, -0.15) is 0 Å². The van der Waals surface area contributed by atoms with Gasteiger partial charge in [-0.15, -0.1) is 0 Å². The summed E-state index contributed by atoms with van der Waals surface area (Å²) in [7, 11) is 0. The zero-order chi connectivity index (χ0) is 41.7. The summed E-state index contributed by atoms with van der Waals surface area (Å²) in [5.41, 5.74) is 19.1. The summed E-state index contributed by atoms with van der Waals surface area (Å²) in [5.74, 6) is 0. The molecule has 0 fully saturated rings. The lowest BCUT2D eigenvalue weighted by molar-refractivity contribution is 0.669. The number of hydrogen-bond acceptors (Lipinski definition) is 2. The molecule has 1 aliphatic carbocycles. The predicted molar refractivity (Wildman–Crippen MR) is 262 cm³/mol. The maximum atomic E-state index is 6.29. The van der Waals surface area contributed by atoms with Crippen LogP contribution < -0.4 is 4.90 Å². The molecule has 0 N–H and O–H groups in total. The Bertz CT molecular complexity index is 3410. The zero-order valence-electron chi connectivity index (χ0n) is 34.5. The fourth-order valence-corrected chi connectivity index (χ4v) is 10.1. The molecule has 0 amide bonds. The number of nitrogens with zero attached hydrogens (tertiary/aromatic N) is 1. The molecule has 1 unspecified atom stereocenters. The first-order chi connectivity index (χ1) is 31.2. The fourth-order valence-electron chi connectivity index (χ4n) is 10.1. The number of benzene rings is 10. The molecule has 63 heavy (non-hydrogen) atoms. The molecule has 1 atom stereocenters. The highest BCUT2D eigenvalue weighted by atomic mass is 16.3. The van der Waals surface area contributed by atoms with E-state index in [2.05, 4.69) is 241 Å². The van der Waals surface area contributed by atoms with E-state index >= 15 is 0 Å². The van der Waals surface area contributed by atoms with Crippen molar-refractivity contribution < 1.29 is 4.42 Å². The van der Waals surface area contributed by atoms with E-state index in [9.17, 15) is 0 Å². The molecule has 1 aromatic heterocycles. The lowest BCUT2D eigenvalue weighted by Gasteiger charge is -2.35. The minimum Gasteiger partial charge on any atom is -0.456 e. The normalized spacial score (nSPS) is 14.1. The highest BCUT2D eigenvalue weighted by Gasteiger charge is 2.46. The third-order valence-electron chi connectivity index (χ3n) is 13.0. The molecule has 11 aromatic rings. The SMILES string of the molecule is c1ccc(-c2ccc(N(c3ccc(-c4cccc5oc6ccccc6c45)cc3)c3ccc4c(c3)C(c3ccccc3)(c3ccc(-c5ccccc5)cc3)c3ccccc3-4)cc2)cc1. The monoisotopic (exact) mass is 803 g/mol. The van der Waals surface area contributed by atoms with Crippen LogP contribution in [0, 0.1) is 0 Å². The molecule has 0 saturated heterocycles. The van der Waals surface area contributed by atoms with Gasteiger partial charge in [-0.25, -0.2) is 0 Å². The molecule has 1 aliphatic rings. The second-order valence-corrected chi connectivity index (χ2v) is 16.4. The number of fused-ring (bicyclic) bond motifs is 6. The van der Waals surface area contributed by atoms with Crippen LogP contribution in [0.5, 0.6) is 0 Å². The van der Waals surface area contributed by atoms with Gasteiger partial charge >= 0.3 is 0 Å². The molecular weight excluding hydrogens is 763 g/mol. The molecule has 1 heterocycles. The molecular formula is C61H41NO.